The first-order valence-electron chi connectivity index (χ1n) is 5.15. The van der Waals surface area contributed by atoms with Gasteiger partial charge in [0.25, 0.3) is 0 Å². The molecule has 4 nitrogen and oxygen atoms in total. The Kier molecular flexibility index (Phi) is 4.46. The standard InChI is InChI=1S/C12H16O4/c1-3-16-12(15)11(14)10(13)9-6-4-8(2)5-7-9/h4-7,10-11,13-14H,3H2,1-2H3/t10-,11+/m1/s1. The summed E-state index contributed by atoms with van der Waals surface area (Å²) in [7, 11) is 0. The fourth-order valence-corrected chi connectivity index (χ4v) is 1.30. The van der Waals surface area contributed by atoms with Crippen molar-refractivity contribution in [3.8, 4) is 0 Å². The number of ether oxygens (including phenoxy) is 1. The van der Waals surface area contributed by atoms with Gasteiger partial charge in [-0.05, 0) is 19.4 Å². The van der Waals surface area contributed by atoms with Crippen molar-refractivity contribution < 1.29 is 19.7 Å². The van der Waals surface area contributed by atoms with E-state index in [4.69, 9.17) is 0 Å². The zero-order valence-electron chi connectivity index (χ0n) is 9.38. The molecule has 0 aliphatic rings. The summed E-state index contributed by atoms with van der Waals surface area (Å²) in [5.74, 6) is -0.810. The van der Waals surface area contributed by atoms with Gasteiger partial charge in [0.1, 0.15) is 6.10 Å². The number of esters is 1. The summed E-state index contributed by atoms with van der Waals surface area (Å²) >= 11 is 0. The van der Waals surface area contributed by atoms with E-state index in [9.17, 15) is 15.0 Å². The van der Waals surface area contributed by atoms with Gasteiger partial charge in [0, 0.05) is 0 Å². The minimum Gasteiger partial charge on any atom is -0.464 e. The molecular formula is C12H16O4. The molecule has 1 aromatic rings. The molecule has 0 amide bonds. The SMILES string of the molecule is CCOC(=O)[C@@H](O)[C@H](O)c1ccc(C)cc1. The Bertz CT molecular complexity index is 345. The fourth-order valence-electron chi connectivity index (χ4n) is 1.30. The molecule has 0 unspecified atom stereocenters. The van der Waals surface area contributed by atoms with E-state index in [-0.39, 0.29) is 6.61 Å². The van der Waals surface area contributed by atoms with Gasteiger partial charge in [0.15, 0.2) is 6.10 Å². The number of rotatable bonds is 4. The summed E-state index contributed by atoms with van der Waals surface area (Å²) in [5.41, 5.74) is 1.53. The van der Waals surface area contributed by atoms with Crippen LogP contribution in [0.25, 0.3) is 0 Å². The molecule has 0 fully saturated rings. The quantitative estimate of drug-likeness (QED) is 0.747. The molecule has 1 aromatic carbocycles. The zero-order valence-corrected chi connectivity index (χ0v) is 9.38. The maximum absolute atomic E-state index is 11.2. The average molecular weight is 224 g/mol. The molecule has 2 N–H and O–H groups in total. The maximum Gasteiger partial charge on any atom is 0.338 e. The average Bonchev–Trinajstić information content (AvgIpc) is 2.28. The van der Waals surface area contributed by atoms with Crippen molar-refractivity contribution in [1.82, 2.24) is 0 Å². The Hall–Kier alpha value is -1.39. The van der Waals surface area contributed by atoms with E-state index >= 15 is 0 Å². The third-order valence-electron chi connectivity index (χ3n) is 2.25. The lowest BCUT2D eigenvalue weighted by molar-refractivity contribution is -0.159. The van der Waals surface area contributed by atoms with Crippen molar-refractivity contribution in [2.75, 3.05) is 6.61 Å². The molecule has 0 aliphatic carbocycles. The molecule has 0 spiro atoms. The topological polar surface area (TPSA) is 66.8 Å². The van der Waals surface area contributed by atoms with Crippen LogP contribution in [-0.4, -0.2) is 28.9 Å². The van der Waals surface area contributed by atoms with Crippen LogP contribution in [0.5, 0.6) is 0 Å². The lowest BCUT2D eigenvalue weighted by Crippen LogP contribution is -2.29. The van der Waals surface area contributed by atoms with Gasteiger partial charge in [-0.1, -0.05) is 29.8 Å². The Morgan fingerprint density at radius 1 is 1.31 bits per heavy atom. The van der Waals surface area contributed by atoms with Crippen LogP contribution in [0.1, 0.15) is 24.2 Å². The Morgan fingerprint density at radius 3 is 2.38 bits per heavy atom. The molecule has 0 heterocycles. The molecule has 0 saturated heterocycles. The number of hydrogen-bond acceptors (Lipinski definition) is 4. The summed E-state index contributed by atoms with van der Waals surface area (Å²) < 4.78 is 4.62. The first kappa shape index (κ1) is 12.7. The fraction of sp³-hybridized carbons (Fsp3) is 0.417. The van der Waals surface area contributed by atoms with Crippen LogP contribution in [0.4, 0.5) is 0 Å². The molecular weight excluding hydrogens is 208 g/mol. The predicted octanol–water partition coefficient (Wildman–Crippen LogP) is 0.952. The van der Waals surface area contributed by atoms with Crippen LogP contribution in [0.3, 0.4) is 0 Å². The van der Waals surface area contributed by atoms with Crippen molar-refractivity contribution in [3.63, 3.8) is 0 Å². The Morgan fingerprint density at radius 2 is 1.88 bits per heavy atom. The monoisotopic (exact) mass is 224 g/mol. The molecule has 4 heteroatoms. The van der Waals surface area contributed by atoms with Crippen molar-refractivity contribution in [3.05, 3.63) is 35.4 Å². The first-order chi connectivity index (χ1) is 7.56. The summed E-state index contributed by atoms with van der Waals surface area (Å²) in [6.07, 6.45) is -2.79. The highest BCUT2D eigenvalue weighted by atomic mass is 16.5. The van der Waals surface area contributed by atoms with E-state index in [2.05, 4.69) is 4.74 Å². The van der Waals surface area contributed by atoms with Crippen LogP contribution in [-0.2, 0) is 9.53 Å². The molecule has 2 atom stereocenters. The van der Waals surface area contributed by atoms with Crippen LogP contribution in [0, 0.1) is 6.92 Å². The summed E-state index contributed by atoms with van der Waals surface area (Å²) in [5, 5.41) is 19.2. The van der Waals surface area contributed by atoms with E-state index in [1.807, 2.05) is 6.92 Å². The van der Waals surface area contributed by atoms with E-state index in [1.165, 1.54) is 0 Å². The summed E-state index contributed by atoms with van der Waals surface area (Å²) in [6, 6.07) is 6.94. The minimum atomic E-state index is -1.54. The Balaban J connectivity index is 2.73. The van der Waals surface area contributed by atoms with Gasteiger partial charge in [0.2, 0.25) is 0 Å². The summed E-state index contributed by atoms with van der Waals surface area (Å²) in [4.78, 5) is 11.2. The van der Waals surface area contributed by atoms with Crippen molar-refractivity contribution in [2.24, 2.45) is 0 Å². The Labute approximate surface area is 94.5 Å². The lowest BCUT2D eigenvalue weighted by Gasteiger charge is -2.16. The first-order valence-corrected chi connectivity index (χ1v) is 5.15. The molecule has 0 radical (unpaired) electrons. The van der Waals surface area contributed by atoms with Crippen LogP contribution < -0.4 is 0 Å². The van der Waals surface area contributed by atoms with E-state index < -0.39 is 18.2 Å². The minimum absolute atomic E-state index is 0.177. The van der Waals surface area contributed by atoms with E-state index in [0.29, 0.717) is 5.56 Å². The highest BCUT2D eigenvalue weighted by Gasteiger charge is 2.26. The van der Waals surface area contributed by atoms with Gasteiger partial charge in [-0.25, -0.2) is 4.79 Å². The molecule has 1 rings (SSSR count). The highest BCUT2D eigenvalue weighted by molar-refractivity contribution is 5.75. The smallest absolute Gasteiger partial charge is 0.338 e. The van der Waals surface area contributed by atoms with Crippen molar-refractivity contribution in [2.45, 2.75) is 26.1 Å². The predicted molar refractivity (Wildman–Crippen MR) is 58.8 cm³/mol. The summed E-state index contributed by atoms with van der Waals surface area (Å²) in [6.45, 7) is 3.73. The number of carbonyl (C=O) groups excluding carboxylic acids is 1. The zero-order chi connectivity index (χ0) is 12.1. The second kappa shape index (κ2) is 5.63. The van der Waals surface area contributed by atoms with E-state index in [1.54, 1.807) is 31.2 Å². The lowest BCUT2D eigenvalue weighted by atomic mass is 10.0. The van der Waals surface area contributed by atoms with Crippen molar-refractivity contribution >= 4 is 5.97 Å². The second-order valence-corrected chi connectivity index (χ2v) is 3.55. The second-order valence-electron chi connectivity index (χ2n) is 3.55. The van der Waals surface area contributed by atoms with Crippen LogP contribution in [0.15, 0.2) is 24.3 Å². The number of carbonyl (C=O) groups is 1. The molecule has 0 saturated carbocycles. The van der Waals surface area contributed by atoms with Gasteiger partial charge >= 0.3 is 5.97 Å². The van der Waals surface area contributed by atoms with Gasteiger partial charge in [-0.3, -0.25) is 0 Å². The van der Waals surface area contributed by atoms with Crippen LogP contribution >= 0.6 is 0 Å². The number of aliphatic hydroxyl groups excluding tert-OH is 2. The molecule has 0 bridgehead atoms. The highest BCUT2D eigenvalue weighted by Crippen LogP contribution is 2.18. The molecule has 16 heavy (non-hydrogen) atoms. The molecule has 0 aliphatic heterocycles. The third-order valence-corrected chi connectivity index (χ3v) is 2.25. The van der Waals surface area contributed by atoms with Gasteiger partial charge in [-0.15, -0.1) is 0 Å². The maximum atomic E-state index is 11.2. The number of benzene rings is 1. The third kappa shape index (κ3) is 3.05. The number of hydrogen-bond donors (Lipinski definition) is 2. The van der Waals surface area contributed by atoms with Gasteiger partial charge in [0.05, 0.1) is 6.61 Å². The van der Waals surface area contributed by atoms with Gasteiger partial charge < -0.3 is 14.9 Å². The van der Waals surface area contributed by atoms with E-state index in [0.717, 1.165) is 5.56 Å². The largest absolute Gasteiger partial charge is 0.464 e. The van der Waals surface area contributed by atoms with Crippen LogP contribution in [0.2, 0.25) is 0 Å². The van der Waals surface area contributed by atoms with Crippen molar-refractivity contribution in [1.29, 1.82) is 0 Å². The normalized spacial score (nSPS) is 14.2. The van der Waals surface area contributed by atoms with Gasteiger partial charge in [-0.2, -0.15) is 0 Å². The number of aliphatic hydroxyl groups is 2. The number of aryl methyl sites for hydroxylation is 1. The molecule has 0 aromatic heterocycles. The molecule has 88 valence electrons.